The van der Waals surface area contributed by atoms with Gasteiger partial charge in [0.1, 0.15) is 0 Å². The summed E-state index contributed by atoms with van der Waals surface area (Å²) >= 11 is 0. The second-order valence-electron chi connectivity index (χ2n) is 4.76. The number of carbonyl (C=O) groups is 2. The van der Waals surface area contributed by atoms with E-state index >= 15 is 0 Å². The molecule has 1 aliphatic heterocycles. The minimum Gasteiger partial charge on any atom is -0.379 e. The number of benzene rings is 1. The molecular formula is C14H14N4O2. The van der Waals surface area contributed by atoms with Gasteiger partial charge < -0.3 is 10.3 Å². The fourth-order valence-electron chi connectivity index (χ4n) is 2.22. The standard InChI is InChI=1S/C14H14N4O2/c1-8-12(17-7-16-8)6-15-9-3-4-10-11(5-9)14(20)18(2)13(10)19/h3-5,7,15H,6H2,1-2H3,(H,16,17). The molecule has 0 spiro atoms. The number of aromatic nitrogens is 2. The van der Waals surface area contributed by atoms with Crippen molar-refractivity contribution in [2.45, 2.75) is 13.5 Å². The number of aryl methyl sites for hydroxylation is 1. The number of rotatable bonds is 3. The van der Waals surface area contributed by atoms with Gasteiger partial charge in [0.15, 0.2) is 0 Å². The molecule has 0 bridgehead atoms. The number of hydrogen-bond donors (Lipinski definition) is 2. The van der Waals surface area contributed by atoms with Gasteiger partial charge in [-0.15, -0.1) is 0 Å². The zero-order valence-electron chi connectivity index (χ0n) is 11.2. The zero-order valence-corrected chi connectivity index (χ0v) is 11.2. The van der Waals surface area contributed by atoms with Crippen LogP contribution in [0.2, 0.25) is 0 Å². The Kier molecular flexibility index (Phi) is 2.78. The lowest BCUT2D eigenvalue weighted by atomic mass is 10.1. The average molecular weight is 270 g/mol. The van der Waals surface area contributed by atoms with Crippen LogP contribution < -0.4 is 5.32 Å². The monoisotopic (exact) mass is 270 g/mol. The maximum atomic E-state index is 11.9. The third-order valence-corrected chi connectivity index (χ3v) is 3.48. The summed E-state index contributed by atoms with van der Waals surface area (Å²) in [6.45, 7) is 2.51. The third-order valence-electron chi connectivity index (χ3n) is 3.48. The quantitative estimate of drug-likeness (QED) is 0.830. The molecule has 6 nitrogen and oxygen atoms in total. The molecule has 0 fully saturated rings. The minimum absolute atomic E-state index is 0.250. The van der Waals surface area contributed by atoms with Crippen molar-refractivity contribution in [3.05, 3.63) is 47.0 Å². The third kappa shape index (κ3) is 1.85. The first kappa shape index (κ1) is 12.4. The number of imidazole rings is 1. The first-order chi connectivity index (χ1) is 9.58. The van der Waals surface area contributed by atoms with Gasteiger partial charge in [0.2, 0.25) is 0 Å². The number of imide groups is 1. The number of fused-ring (bicyclic) bond motifs is 1. The molecule has 102 valence electrons. The van der Waals surface area contributed by atoms with Crippen LogP contribution in [0.5, 0.6) is 0 Å². The molecule has 0 atom stereocenters. The molecule has 2 heterocycles. The van der Waals surface area contributed by atoms with Gasteiger partial charge in [-0.25, -0.2) is 4.98 Å². The Morgan fingerprint density at radius 1 is 1.25 bits per heavy atom. The van der Waals surface area contributed by atoms with E-state index in [0.717, 1.165) is 22.0 Å². The van der Waals surface area contributed by atoms with Crippen LogP contribution in [0, 0.1) is 6.92 Å². The summed E-state index contributed by atoms with van der Waals surface area (Å²) in [5.74, 6) is -0.510. The molecule has 0 unspecified atom stereocenters. The summed E-state index contributed by atoms with van der Waals surface area (Å²) in [6.07, 6.45) is 1.65. The summed E-state index contributed by atoms with van der Waals surface area (Å²) in [6, 6.07) is 5.19. The van der Waals surface area contributed by atoms with Crippen molar-refractivity contribution in [1.82, 2.24) is 14.9 Å². The van der Waals surface area contributed by atoms with Crippen LogP contribution in [0.4, 0.5) is 5.69 Å². The molecule has 1 aromatic carbocycles. The summed E-state index contributed by atoms with van der Waals surface area (Å²) in [7, 11) is 1.49. The number of aromatic amines is 1. The molecule has 1 aliphatic rings. The molecule has 2 N–H and O–H groups in total. The highest BCUT2D eigenvalue weighted by Crippen LogP contribution is 2.24. The number of anilines is 1. The van der Waals surface area contributed by atoms with E-state index in [1.54, 1.807) is 24.5 Å². The fourth-order valence-corrected chi connectivity index (χ4v) is 2.22. The van der Waals surface area contributed by atoms with Crippen molar-refractivity contribution in [1.29, 1.82) is 0 Å². The Hall–Kier alpha value is -2.63. The minimum atomic E-state index is -0.260. The molecule has 0 radical (unpaired) electrons. The number of H-pyrrole nitrogens is 1. The van der Waals surface area contributed by atoms with Crippen molar-refractivity contribution in [2.24, 2.45) is 0 Å². The van der Waals surface area contributed by atoms with Crippen molar-refractivity contribution in [2.75, 3.05) is 12.4 Å². The SMILES string of the molecule is Cc1[nH]cnc1CNc1ccc2c(c1)C(=O)N(C)C2=O. The smallest absolute Gasteiger partial charge is 0.261 e. The van der Waals surface area contributed by atoms with Crippen LogP contribution in [0.1, 0.15) is 32.1 Å². The lowest BCUT2D eigenvalue weighted by Crippen LogP contribution is -2.24. The second-order valence-corrected chi connectivity index (χ2v) is 4.76. The largest absolute Gasteiger partial charge is 0.379 e. The highest BCUT2D eigenvalue weighted by atomic mass is 16.2. The number of carbonyl (C=O) groups excluding carboxylic acids is 2. The summed E-state index contributed by atoms with van der Waals surface area (Å²) in [5.41, 5.74) is 3.62. The lowest BCUT2D eigenvalue weighted by molar-refractivity contribution is 0.0693. The van der Waals surface area contributed by atoms with E-state index in [0.29, 0.717) is 17.7 Å². The highest BCUT2D eigenvalue weighted by Gasteiger charge is 2.32. The maximum absolute atomic E-state index is 11.9. The van der Waals surface area contributed by atoms with Gasteiger partial charge in [0.05, 0.1) is 29.7 Å². The van der Waals surface area contributed by atoms with Crippen LogP contribution in [0.25, 0.3) is 0 Å². The van der Waals surface area contributed by atoms with Crippen molar-refractivity contribution in [3.8, 4) is 0 Å². The molecule has 6 heteroatoms. The van der Waals surface area contributed by atoms with Gasteiger partial charge in [0.25, 0.3) is 11.8 Å². The van der Waals surface area contributed by atoms with Crippen LogP contribution in [0.15, 0.2) is 24.5 Å². The van der Waals surface area contributed by atoms with E-state index in [1.165, 1.54) is 7.05 Å². The van der Waals surface area contributed by atoms with Gasteiger partial charge in [0, 0.05) is 18.4 Å². The molecule has 0 saturated carbocycles. The van der Waals surface area contributed by atoms with Crippen LogP contribution in [-0.4, -0.2) is 33.7 Å². The van der Waals surface area contributed by atoms with E-state index in [4.69, 9.17) is 0 Å². The Labute approximate surface area is 115 Å². The van der Waals surface area contributed by atoms with E-state index in [-0.39, 0.29) is 11.8 Å². The van der Waals surface area contributed by atoms with E-state index < -0.39 is 0 Å². The van der Waals surface area contributed by atoms with Crippen LogP contribution in [-0.2, 0) is 6.54 Å². The van der Waals surface area contributed by atoms with Crippen molar-refractivity contribution < 1.29 is 9.59 Å². The Bertz CT molecular complexity index is 705. The van der Waals surface area contributed by atoms with Gasteiger partial charge >= 0.3 is 0 Å². The van der Waals surface area contributed by atoms with Gasteiger partial charge in [-0.3, -0.25) is 14.5 Å². The lowest BCUT2D eigenvalue weighted by Gasteiger charge is -2.06. The van der Waals surface area contributed by atoms with Gasteiger partial charge in [-0.05, 0) is 25.1 Å². The molecule has 1 aromatic heterocycles. The Morgan fingerprint density at radius 2 is 2.00 bits per heavy atom. The first-order valence-corrected chi connectivity index (χ1v) is 6.27. The van der Waals surface area contributed by atoms with Crippen molar-refractivity contribution >= 4 is 17.5 Å². The Morgan fingerprint density at radius 3 is 2.70 bits per heavy atom. The molecular weight excluding hydrogens is 256 g/mol. The summed E-state index contributed by atoms with van der Waals surface area (Å²) in [4.78, 5) is 32.0. The average Bonchev–Trinajstić information content (AvgIpc) is 2.95. The normalized spacial score (nSPS) is 13.8. The first-order valence-electron chi connectivity index (χ1n) is 6.27. The predicted molar refractivity (Wildman–Crippen MR) is 73.5 cm³/mol. The predicted octanol–water partition coefficient (Wildman–Crippen LogP) is 1.56. The second kappa shape index (κ2) is 4.48. The van der Waals surface area contributed by atoms with E-state index in [2.05, 4.69) is 15.3 Å². The molecule has 2 amide bonds. The van der Waals surface area contributed by atoms with Gasteiger partial charge in [-0.1, -0.05) is 0 Å². The number of nitrogens with one attached hydrogen (secondary N) is 2. The Balaban J connectivity index is 1.82. The fraction of sp³-hybridized carbons (Fsp3) is 0.214. The maximum Gasteiger partial charge on any atom is 0.261 e. The molecule has 0 aliphatic carbocycles. The highest BCUT2D eigenvalue weighted by molar-refractivity contribution is 6.21. The summed E-state index contributed by atoms with van der Waals surface area (Å²) in [5, 5.41) is 3.20. The van der Waals surface area contributed by atoms with E-state index in [9.17, 15) is 9.59 Å². The van der Waals surface area contributed by atoms with Crippen molar-refractivity contribution in [3.63, 3.8) is 0 Å². The molecule has 3 rings (SSSR count). The van der Waals surface area contributed by atoms with E-state index in [1.807, 2.05) is 6.92 Å². The molecule has 0 saturated heterocycles. The van der Waals surface area contributed by atoms with Gasteiger partial charge in [-0.2, -0.15) is 0 Å². The molecule has 20 heavy (non-hydrogen) atoms. The summed E-state index contributed by atoms with van der Waals surface area (Å²) < 4.78 is 0. The zero-order chi connectivity index (χ0) is 14.3. The molecule has 2 aromatic rings. The number of nitrogens with zero attached hydrogens (tertiary/aromatic N) is 2. The number of hydrogen-bond acceptors (Lipinski definition) is 4. The van der Waals surface area contributed by atoms with Crippen LogP contribution >= 0.6 is 0 Å². The van der Waals surface area contributed by atoms with Crippen LogP contribution in [0.3, 0.4) is 0 Å². The topological polar surface area (TPSA) is 78.1 Å². The number of amides is 2.